The summed E-state index contributed by atoms with van der Waals surface area (Å²) >= 11 is 1.56. The van der Waals surface area contributed by atoms with Gasteiger partial charge in [0.05, 0.1) is 5.69 Å². The summed E-state index contributed by atoms with van der Waals surface area (Å²) in [5, 5.41) is 0. The number of rotatable bonds is 2. The summed E-state index contributed by atoms with van der Waals surface area (Å²) in [7, 11) is 0. The van der Waals surface area contributed by atoms with Gasteiger partial charge in [0.1, 0.15) is 0 Å². The molecule has 0 N–H and O–H groups in total. The molecule has 0 bridgehead atoms. The quantitative estimate of drug-likeness (QED) is 0.739. The van der Waals surface area contributed by atoms with Crippen molar-refractivity contribution in [3.63, 3.8) is 0 Å². The Labute approximate surface area is 94.3 Å². The highest BCUT2D eigenvalue weighted by molar-refractivity contribution is 7.06. The van der Waals surface area contributed by atoms with Crippen LogP contribution in [-0.4, -0.2) is 4.37 Å². The highest BCUT2D eigenvalue weighted by atomic mass is 32.1. The maximum absolute atomic E-state index is 4.32. The second kappa shape index (κ2) is 4.41. The molecule has 0 amide bonds. The minimum absolute atomic E-state index is 1.12. The van der Waals surface area contributed by atoms with E-state index in [1.807, 2.05) is 25.1 Å². The van der Waals surface area contributed by atoms with Gasteiger partial charge in [-0.05, 0) is 30.9 Å². The molecule has 0 saturated heterocycles. The third-order valence-corrected chi connectivity index (χ3v) is 3.19. The first-order chi connectivity index (χ1) is 7.27. The van der Waals surface area contributed by atoms with Crippen molar-refractivity contribution in [1.82, 2.24) is 4.37 Å². The topological polar surface area (TPSA) is 12.9 Å². The Morgan fingerprint density at radius 2 is 1.80 bits per heavy atom. The molecule has 15 heavy (non-hydrogen) atoms. The van der Waals surface area contributed by atoms with E-state index in [4.69, 9.17) is 0 Å². The first-order valence-corrected chi connectivity index (χ1v) is 5.71. The van der Waals surface area contributed by atoms with Crippen LogP contribution in [0.1, 0.15) is 21.7 Å². The number of aromatic nitrogens is 1. The molecule has 0 unspecified atom stereocenters. The van der Waals surface area contributed by atoms with E-state index in [1.54, 1.807) is 11.5 Å². The molecule has 0 aliphatic carbocycles. The average Bonchev–Trinajstić information content (AvgIpc) is 2.58. The predicted octanol–water partition coefficient (Wildman–Crippen LogP) is 3.93. The number of benzene rings is 1. The maximum atomic E-state index is 4.32. The highest BCUT2D eigenvalue weighted by Gasteiger charge is 2.01. The Balaban J connectivity index is 2.26. The lowest BCUT2D eigenvalue weighted by Gasteiger charge is -1.93. The first-order valence-electron chi connectivity index (χ1n) is 4.93. The summed E-state index contributed by atoms with van der Waals surface area (Å²) in [4.78, 5) is 1.28. The standard InChI is InChI=1S/C13H13NS/c1-10-13(11(2)15-14-10)9-8-12-6-4-3-5-7-12/h3-9H,1-2H3/b9-8+. The van der Waals surface area contributed by atoms with E-state index in [1.165, 1.54) is 16.0 Å². The lowest BCUT2D eigenvalue weighted by Crippen LogP contribution is -1.76. The third-order valence-electron chi connectivity index (χ3n) is 2.33. The molecule has 0 spiro atoms. The maximum Gasteiger partial charge on any atom is 0.0586 e. The number of nitrogens with zero attached hydrogens (tertiary/aromatic N) is 1. The molecule has 1 heterocycles. The van der Waals surface area contributed by atoms with Crippen molar-refractivity contribution in [2.75, 3.05) is 0 Å². The number of aryl methyl sites for hydroxylation is 2. The van der Waals surface area contributed by atoms with Crippen LogP contribution >= 0.6 is 11.5 Å². The van der Waals surface area contributed by atoms with Crippen LogP contribution in [0.4, 0.5) is 0 Å². The smallest absolute Gasteiger partial charge is 0.0586 e. The van der Waals surface area contributed by atoms with Gasteiger partial charge in [-0.15, -0.1) is 0 Å². The fourth-order valence-corrected chi connectivity index (χ4v) is 2.16. The van der Waals surface area contributed by atoms with E-state index in [-0.39, 0.29) is 0 Å². The van der Waals surface area contributed by atoms with Crippen molar-refractivity contribution in [2.45, 2.75) is 13.8 Å². The monoisotopic (exact) mass is 215 g/mol. The van der Waals surface area contributed by atoms with Gasteiger partial charge in [0, 0.05) is 10.4 Å². The van der Waals surface area contributed by atoms with Crippen molar-refractivity contribution in [2.24, 2.45) is 0 Å². The molecular weight excluding hydrogens is 202 g/mol. The van der Waals surface area contributed by atoms with E-state index in [0.29, 0.717) is 0 Å². The van der Waals surface area contributed by atoms with Gasteiger partial charge >= 0.3 is 0 Å². The van der Waals surface area contributed by atoms with E-state index >= 15 is 0 Å². The molecule has 1 aromatic heterocycles. The average molecular weight is 215 g/mol. The summed E-state index contributed by atoms with van der Waals surface area (Å²) in [6.07, 6.45) is 4.27. The molecule has 0 atom stereocenters. The highest BCUT2D eigenvalue weighted by Crippen LogP contribution is 2.19. The van der Waals surface area contributed by atoms with Gasteiger partial charge in [-0.3, -0.25) is 0 Å². The molecule has 2 heteroatoms. The van der Waals surface area contributed by atoms with Crippen LogP contribution in [0.25, 0.3) is 12.2 Å². The van der Waals surface area contributed by atoms with Gasteiger partial charge in [-0.1, -0.05) is 42.5 Å². The van der Waals surface area contributed by atoms with E-state index in [2.05, 4.69) is 35.6 Å². The lowest BCUT2D eigenvalue weighted by atomic mass is 10.1. The fourth-order valence-electron chi connectivity index (χ4n) is 1.47. The molecule has 1 nitrogen and oxygen atoms in total. The second-order valence-corrected chi connectivity index (χ2v) is 4.46. The van der Waals surface area contributed by atoms with E-state index < -0.39 is 0 Å². The Bertz CT molecular complexity index is 449. The molecule has 0 saturated carbocycles. The summed E-state index contributed by atoms with van der Waals surface area (Å²) in [6.45, 7) is 4.16. The Morgan fingerprint density at radius 1 is 1.07 bits per heavy atom. The minimum Gasteiger partial charge on any atom is -0.197 e. The Hall–Kier alpha value is -1.41. The molecule has 0 aliphatic rings. The van der Waals surface area contributed by atoms with Crippen molar-refractivity contribution >= 4 is 23.7 Å². The normalized spacial score (nSPS) is 11.1. The zero-order chi connectivity index (χ0) is 10.7. The van der Waals surface area contributed by atoms with Crippen LogP contribution in [0.2, 0.25) is 0 Å². The molecule has 2 aromatic rings. The Kier molecular flexibility index (Phi) is 2.97. The van der Waals surface area contributed by atoms with Gasteiger partial charge in [0.25, 0.3) is 0 Å². The zero-order valence-corrected chi connectivity index (χ0v) is 9.71. The van der Waals surface area contributed by atoms with E-state index in [9.17, 15) is 0 Å². The van der Waals surface area contributed by atoms with Gasteiger partial charge in [0.2, 0.25) is 0 Å². The van der Waals surface area contributed by atoms with Gasteiger partial charge in [-0.2, -0.15) is 4.37 Å². The third kappa shape index (κ3) is 2.34. The van der Waals surface area contributed by atoms with Gasteiger partial charge in [0.15, 0.2) is 0 Å². The van der Waals surface area contributed by atoms with Crippen LogP contribution in [0.3, 0.4) is 0 Å². The zero-order valence-electron chi connectivity index (χ0n) is 8.90. The Morgan fingerprint density at radius 3 is 2.40 bits per heavy atom. The predicted molar refractivity (Wildman–Crippen MR) is 67.0 cm³/mol. The van der Waals surface area contributed by atoms with Crippen LogP contribution in [0, 0.1) is 13.8 Å². The van der Waals surface area contributed by atoms with Crippen molar-refractivity contribution in [3.05, 3.63) is 52.0 Å². The summed E-state index contributed by atoms with van der Waals surface area (Å²) in [5.74, 6) is 0. The summed E-state index contributed by atoms with van der Waals surface area (Å²) in [6, 6.07) is 10.3. The second-order valence-electron chi connectivity index (χ2n) is 3.48. The number of hydrogen-bond donors (Lipinski definition) is 0. The van der Waals surface area contributed by atoms with Gasteiger partial charge in [-0.25, -0.2) is 0 Å². The lowest BCUT2D eigenvalue weighted by molar-refractivity contribution is 1.32. The van der Waals surface area contributed by atoms with Crippen LogP contribution in [0.15, 0.2) is 30.3 Å². The van der Waals surface area contributed by atoms with Crippen LogP contribution in [0.5, 0.6) is 0 Å². The summed E-state index contributed by atoms with van der Waals surface area (Å²) < 4.78 is 4.32. The van der Waals surface area contributed by atoms with Crippen molar-refractivity contribution in [3.8, 4) is 0 Å². The molecule has 1 aromatic carbocycles. The van der Waals surface area contributed by atoms with Crippen molar-refractivity contribution < 1.29 is 0 Å². The molecule has 0 fully saturated rings. The minimum atomic E-state index is 1.12. The fraction of sp³-hybridized carbons (Fsp3) is 0.154. The van der Waals surface area contributed by atoms with Gasteiger partial charge < -0.3 is 0 Å². The van der Waals surface area contributed by atoms with Crippen molar-refractivity contribution in [1.29, 1.82) is 0 Å². The largest absolute Gasteiger partial charge is 0.197 e. The molecule has 0 radical (unpaired) electrons. The van der Waals surface area contributed by atoms with E-state index in [0.717, 1.165) is 5.69 Å². The number of hydrogen-bond acceptors (Lipinski definition) is 2. The molecular formula is C13H13NS. The summed E-state index contributed by atoms with van der Waals surface area (Å²) in [5.41, 5.74) is 3.59. The molecule has 76 valence electrons. The molecule has 0 aliphatic heterocycles. The van der Waals surface area contributed by atoms with Crippen LogP contribution < -0.4 is 0 Å². The first kappa shape index (κ1) is 10.1. The van der Waals surface area contributed by atoms with Crippen LogP contribution in [-0.2, 0) is 0 Å². The SMILES string of the molecule is Cc1nsc(C)c1/C=C/c1ccccc1. The molecule has 2 rings (SSSR count).